The monoisotopic (exact) mass is 437 g/mol. The van der Waals surface area contributed by atoms with Crippen LogP contribution in [0.5, 0.6) is 0 Å². The second-order valence-corrected chi connectivity index (χ2v) is 9.09. The van der Waals surface area contributed by atoms with Crippen LogP contribution < -0.4 is 5.32 Å². The average Bonchev–Trinajstić information content (AvgIpc) is 3.14. The summed E-state index contributed by atoms with van der Waals surface area (Å²) in [5.41, 5.74) is 1.76. The van der Waals surface area contributed by atoms with Gasteiger partial charge >= 0.3 is 5.97 Å². The van der Waals surface area contributed by atoms with Gasteiger partial charge in [-0.05, 0) is 29.3 Å². The molecule has 0 unspecified atom stereocenters. The fraction of sp³-hybridized carbons (Fsp3) is 0.333. The van der Waals surface area contributed by atoms with Crippen molar-refractivity contribution in [3.63, 3.8) is 0 Å². The Hall–Kier alpha value is -2.74. The van der Waals surface area contributed by atoms with Gasteiger partial charge in [-0.1, -0.05) is 42.5 Å². The van der Waals surface area contributed by atoms with Gasteiger partial charge in [0.1, 0.15) is 5.00 Å². The molecule has 4 rings (SSSR count). The molecule has 0 saturated carbocycles. The molecule has 2 heterocycles. The lowest BCUT2D eigenvalue weighted by Crippen LogP contribution is -2.48. The van der Waals surface area contributed by atoms with Crippen LogP contribution in [-0.2, 0) is 16.1 Å². The number of hydrogen-bond acceptors (Lipinski definition) is 6. The molecular weight excluding hydrogens is 410 g/mol. The first kappa shape index (κ1) is 21.5. The van der Waals surface area contributed by atoms with Gasteiger partial charge in [0, 0.05) is 37.6 Å². The molecule has 1 fully saturated rings. The Kier molecular flexibility index (Phi) is 6.65. The van der Waals surface area contributed by atoms with Gasteiger partial charge in [-0.25, -0.2) is 4.79 Å². The fourth-order valence-electron chi connectivity index (χ4n) is 4.01. The quantitative estimate of drug-likeness (QED) is 0.595. The smallest absolute Gasteiger partial charge is 0.340 e. The number of esters is 1. The molecule has 0 bridgehead atoms. The standard InChI is InChI=1S/C24H27N3O3S/c1-17-14-21(24(29)30-2)23(31-17)25-22(28)16-27-12-10-26(11-13-27)15-19-8-5-7-18-6-3-4-9-20(18)19/h3-9,14H,10-13,15-16H2,1-2H3,(H,25,28). The number of fused-ring (bicyclic) bond motifs is 1. The molecule has 7 heteroatoms. The summed E-state index contributed by atoms with van der Waals surface area (Å²) < 4.78 is 4.81. The van der Waals surface area contributed by atoms with Gasteiger partial charge in [0.15, 0.2) is 0 Å². The maximum atomic E-state index is 12.6. The maximum Gasteiger partial charge on any atom is 0.340 e. The lowest BCUT2D eigenvalue weighted by Gasteiger charge is -2.34. The van der Waals surface area contributed by atoms with Crippen LogP contribution in [-0.4, -0.2) is 61.5 Å². The van der Waals surface area contributed by atoms with Gasteiger partial charge in [-0.15, -0.1) is 11.3 Å². The SMILES string of the molecule is COC(=O)c1cc(C)sc1NC(=O)CN1CCN(Cc2cccc3ccccc23)CC1. The zero-order chi connectivity index (χ0) is 21.8. The predicted molar refractivity (Wildman–Crippen MR) is 125 cm³/mol. The third kappa shape index (κ3) is 5.12. The zero-order valence-electron chi connectivity index (χ0n) is 17.9. The summed E-state index contributed by atoms with van der Waals surface area (Å²) in [6, 6.07) is 16.7. The van der Waals surface area contributed by atoms with E-state index >= 15 is 0 Å². The van der Waals surface area contributed by atoms with Crippen molar-refractivity contribution in [2.24, 2.45) is 0 Å². The Balaban J connectivity index is 1.30. The Morgan fingerprint density at radius 1 is 1.03 bits per heavy atom. The van der Waals surface area contributed by atoms with Crippen molar-refractivity contribution in [2.75, 3.05) is 45.2 Å². The van der Waals surface area contributed by atoms with E-state index in [1.54, 1.807) is 6.07 Å². The van der Waals surface area contributed by atoms with Crippen molar-refractivity contribution in [3.8, 4) is 0 Å². The van der Waals surface area contributed by atoms with Crippen LogP contribution in [0.3, 0.4) is 0 Å². The minimum Gasteiger partial charge on any atom is -0.465 e. The van der Waals surface area contributed by atoms with E-state index in [0.717, 1.165) is 37.6 Å². The summed E-state index contributed by atoms with van der Waals surface area (Å²) in [7, 11) is 1.35. The van der Waals surface area contributed by atoms with E-state index < -0.39 is 5.97 Å². The third-order valence-electron chi connectivity index (χ3n) is 5.62. The van der Waals surface area contributed by atoms with E-state index in [9.17, 15) is 9.59 Å². The van der Waals surface area contributed by atoms with E-state index in [2.05, 4.69) is 57.6 Å². The van der Waals surface area contributed by atoms with Crippen LogP contribution in [0.4, 0.5) is 5.00 Å². The first-order chi connectivity index (χ1) is 15.0. The first-order valence-corrected chi connectivity index (χ1v) is 11.2. The molecule has 0 spiro atoms. The summed E-state index contributed by atoms with van der Waals surface area (Å²) in [5.74, 6) is -0.531. The summed E-state index contributed by atoms with van der Waals surface area (Å²) >= 11 is 1.39. The Morgan fingerprint density at radius 2 is 1.74 bits per heavy atom. The number of aryl methyl sites for hydroxylation is 1. The average molecular weight is 438 g/mol. The second-order valence-electron chi connectivity index (χ2n) is 7.83. The molecule has 0 aliphatic carbocycles. The Morgan fingerprint density at radius 3 is 2.52 bits per heavy atom. The molecule has 0 atom stereocenters. The van der Waals surface area contributed by atoms with Gasteiger partial charge in [-0.3, -0.25) is 14.6 Å². The van der Waals surface area contributed by atoms with Crippen LogP contribution in [0.15, 0.2) is 48.5 Å². The number of thiophene rings is 1. The molecule has 1 aliphatic rings. The van der Waals surface area contributed by atoms with Crippen LogP contribution in [0.1, 0.15) is 20.8 Å². The van der Waals surface area contributed by atoms with E-state index in [1.165, 1.54) is 34.8 Å². The summed E-state index contributed by atoms with van der Waals surface area (Å²) in [5, 5.41) is 6.02. The first-order valence-electron chi connectivity index (χ1n) is 10.4. The fourth-order valence-corrected chi connectivity index (χ4v) is 4.93. The highest BCUT2D eigenvalue weighted by Gasteiger charge is 2.22. The number of carbonyl (C=O) groups excluding carboxylic acids is 2. The van der Waals surface area contributed by atoms with Crippen molar-refractivity contribution in [1.82, 2.24) is 9.80 Å². The normalized spacial score (nSPS) is 15.2. The van der Waals surface area contributed by atoms with E-state index in [0.29, 0.717) is 17.1 Å². The molecule has 31 heavy (non-hydrogen) atoms. The Bertz CT molecular complexity index is 1080. The van der Waals surface area contributed by atoms with Crippen LogP contribution in [0, 0.1) is 6.92 Å². The van der Waals surface area contributed by atoms with Crippen molar-refractivity contribution in [3.05, 3.63) is 64.5 Å². The lowest BCUT2D eigenvalue weighted by molar-refractivity contribution is -0.117. The van der Waals surface area contributed by atoms with E-state index in [-0.39, 0.29) is 5.91 Å². The molecule has 6 nitrogen and oxygen atoms in total. The summed E-state index contributed by atoms with van der Waals surface area (Å²) in [6.45, 7) is 6.65. The second kappa shape index (κ2) is 9.60. The van der Waals surface area contributed by atoms with Gasteiger partial charge in [-0.2, -0.15) is 0 Å². The van der Waals surface area contributed by atoms with Crippen LogP contribution >= 0.6 is 11.3 Å². The molecular formula is C24H27N3O3S. The van der Waals surface area contributed by atoms with Gasteiger partial charge < -0.3 is 10.1 Å². The van der Waals surface area contributed by atoms with Crippen molar-refractivity contribution in [2.45, 2.75) is 13.5 Å². The highest BCUT2D eigenvalue weighted by molar-refractivity contribution is 7.16. The number of carbonyl (C=O) groups is 2. The van der Waals surface area contributed by atoms with Crippen LogP contribution in [0.2, 0.25) is 0 Å². The van der Waals surface area contributed by atoms with Gasteiger partial charge in [0.05, 0.1) is 19.2 Å². The minimum absolute atomic E-state index is 0.102. The van der Waals surface area contributed by atoms with Crippen molar-refractivity contribution in [1.29, 1.82) is 0 Å². The number of nitrogens with one attached hydrogen (secondary N) is 1. The van der Waals surface area contributed by atoms with Crippen LogP contribution in [0.25, 0.3) is 10.8 Å². The summed E-state index contributed by atoms with van der Waals surface area (Å²) in [4.78, 5) is 30.0. The topological polar surface area (TPSA) is 61.9 Å². The largest absolute Gasteiger partial charge is 0.465 e. The minimum atomic E-state index is -0.429. The molecule has 0 radical (unpaired) electrons. The number of rotatable bonds is 6. The number of methoxy groups -OCH3 is 1. The number of piperazine rings is 1. The molecule has 1 amide bonds. The molecule has 162 valence electrons. The van der Waals surface area contributed by atoms with Gasteiger partial charge in [0.25, 0.3) is 0 Å². The molecule has 2 aromatic carbocycles. The highest BCUT2D eigenvalue weighted by atomic mass is 32.1. The summed E-state index contributed by atoms with van der Waals surface area (Å²) in [6.07, 6.45) is 0. The molecule has 1 aliphatic heterocycles. The van der Waals surface area contributed by atoms with Gasteiger partial charge in [0.2, 0.25) is 5.91 Å². The number of hydrogen-bond donors (Lipinski definition) is 1. The zero-order valence-corrected chi connectivity index (χ0v) is 18.7. The number of benzene rings is 2. The number of amides is 1. The number of ether oxygens (including phenoxy) is 1. The third-order valence-corrected chi connectivity index (χ3v) is 6.59. The maximum absolute atomic E-state index is 12.6. The predicted octanol–water partition coefficient (Wildman–Crippen LogP) is 3.75. The molecule has 1 saturated heterocycles. The van der Waals surface area contributed by atoms with E-state index in [4.69, 9.17) is 4.74 Å². The number of anilines is 1. The van der Waals surface area contributed by atoms with Crippen molar-refractivity contribution < 1.29 is 14.3 Å². The molecule has 3 aromatic rings. The van der Waals surface area contributed by atoms with E-state index in [1.807, 2.05) is 6.92 Å². The Labute approximate surface area is 186 Å². The highest BCUT2D eigenvalue weighted by Crippen LogP contribution is 2.28. The van der Waals surface area contributed by atoms with Crippen molar-refractivity contribution >= 4 is 39.0 Å². The number of nitrogens with zero attached hydrogens (tertiary/aromatic N) is 2. The molecule has 1 aromatic heterocycles. The molecule has 1 N–H and O–H groups in total. The lowest BCUT2D eigenvalue weighted by atomic mass is 10.0.